The molecule has 5 atom stereocenters. The summed E-state index contributed by atoms with van der Waals surface area (Å²) in [4.78, 5) is 42.1. The van der Waals surface area contributed by atoms with Crippen molar-refractivity contribution in [1.82, 2.24) is 15.5 Å². The molecule has 198 valence electrons. The van der Waals surface area contributed by atoms with Crippen molar-refractivity contribution >= 4 is 17.9 Å². The molecule has 0 saturated carbocycles. The number of rotatable bonds is 12. The van der Waals surface area contributed by atoms with Crippen molar-refractivity contribution in [2.75, 3.05) is 0 Å². The molecule has 1 aromatic carbocycles. The molecule has 3 amide bonds. The lowest BCUT2D eigenvalue weighted by atomic mass is 9.94. The number of hydrogen-bond acceptors (Lipinski definition) is 4. The zero-order chi connectivity index (χ0) is 26.8. The van der Waals surface area contributed by atoms with Gasteiger partial charge in [-0.1, -0.05) is 70.9 Å². The zero-order valence-electron chi connectivity index (χ0n) is 23.2. The molecule has 0 heterocycles. The molecule has 0 spiro atoms. The third kappa shape index (κ3) is 9.54. The minimum atomic E-state index is -0.823. The maximum absolute atomic E-state index is 14.2. The average molecular weight is 490 g/mol. The van der Waals surface area contributed by atoms with Crippen LogP contribution >= 0.6 is 0 Å². The lowest BCUT2D eigenvalue weighted by Crippen LogP contribution is -2.57. The highest BCUT2D eigenvalue weighted by molar-refractivity contribution is 5.92. The van der Waals surface area contributed by atoms with Crippen molar-refractivity contribution in [2.45, 2.75) is 118 Å². The quantitative estimate of drug-likeness (QED) is 0.400. The van der Waals surface area contributed by atoms with E-state index in [-0.39, 0.29) is 29.8 Å². The molecule has 0 aliphatic rings. The van der Waals surface area contributed by atoms with E-state index in [2.05, 4.69) is 17.6 Å². The Balaban J connectivity index is 3.49. The second-order valence-electron chi connectivity index (χ2n) is 10.5. The van der Waals surface area contributed by atoms with E-state index in [0.717, 1.165) is 18.4 Å². The second kappa shape index (κ2) is 14.1. The van der Waals surface area contributed by atoms with Crippen LogP contribution < -0.4 is 10.6 Å². The first-order valence-corrected chi connectivity index (χ1v) is 13.0. The van der Waals surface area contributed by atoms with E-state index in [0.29, 0.717) is 12.8 Å². The highest BCUT2D eigenvalue weighted by Crippen LogP contribution is 2.28. The van der Waals surface area contributed by atoms with Crippen LogP contribution in [-0.2, 0) is 14.3 Å². The van der Waals surface area contributed by atoms with Crippen LogP contribution in [-0.4, -0.2) is 46.5 Å². The molecule has 0 aliphatic heterocycles. The number of amides is 3. The number of alkyl carbamates (subject to hydrolysis) is 1. The summed E-state index contributed by atoms with van der Waals surface area (Å²) in [6.45, 7) is 17.2. The van der Waals surface area contributed by atoms with Gasteiger partial charge in [-0.25, -0.2) is 4.79 Å². The molecule has 0 saturated heterocycles. The van der Waals surface area contributed by atoms with Gasteiger partial charge in [0.25, 0.3) is 0 Å². The van der Waals surface area contributed by atoms with Crippen LogP contribution in [0.3, 0.4) is 0 Å². The smallest absolute Gasteiger partial charge is 0.408 e. The molecule has 5 unspecified atom stereocenters. The lowest BCUT2D eigenvalue weighted by Gasteiger charge is -2.39. The third-order valence-corrected chi connectivity index (χ3v) is 6.22. The molecule has 0 fully saturated rings. The van der Waals surface area contributed by atoms with Crippen molar-refractivity contribution in [3.8, 4) is 0 Å². The standard InChI is InChI=1S/C28H47N3O4/c1-10-16-20(5)29-25(32)24(22-17-14-13-15-18-22)31(21(6)12-3)26(33)23(19(4)11-2)30-27(34)35-28(7,8)9/h13-15,17-21,23-24H,10-12,16H2,1-9H3,(H,29,32)(H,30,34). The average Bonchev–Trinajstić information content (AvgIpc) is 2.78. The van der Waals surface area contributed by atoms with E-state index >= 15 is 0 Å². The van der Waals surface area contributed by atoms with E-state index < -0.39 is 23.8 Å². The number of nitrogens with zero attached hydrogens (tertiary/aromatic N) is 1. The molecule has 0 aromatic heterocycles. The second-order valence-corrected chi connectivity index (χ2v) is 10.5. The van der Waals surface area contributed by atoms with Gasteiger partial charge in [0.1, 0.15) is 17.7 Å². The van der Waals surface area contributed by atoms with Crippen LogP contribution in [0.4, 0.5) is 4.79 Å². The van der Waals surface area contributed by atoms with Crippen LogP contribution in [0.1, 0.15) is 99.6 Å². The Hall–Kier alpha value is -2.57. The molecule has 0 bridgehead atoms. The zero-order valence-corrected chi connectivity index (χ0v) is 23.2. The third-order valence-electron chi connectivity index (χ3n) is 6.22. The van der Waals surface area contributed by atoms with Gasteiger partial charge >= 0.3 is 6.09 Å². The molecule has 35 heavy (non-hydrogen) atoms. The van der Waals surface area contributed by atoms with Gasteiger partial charge in [0.05, 0.1) is 0 Å². The predicted octanol–water partition coefficient (Wildman–Crippen LogP) is 5.60. The Morgan fingerprint density at radius 1 is 0.943 bits per heavy atom. The molecule has 1 aromatic rings. The van der Waals surface area contributed by atoms with E-state index in [4.69, 9.17) is 4.74 Å². The first kappa shape index (κ1) is 30.5. The van der Waals surface area contributed by atoms with Crippen molar-refractivity contribution < 1.29 is 19.1 Å². The van der Waals surface area contributed by atoms with Crippen molar-refractivity contribution in [2.24, 2.45) is 5.92 Å². The molecular formula is C28H47N3O4. The number of carbonyl (C=O) groups is 3. The van der Waals surface area contributed by atoms with E-state index in [1.54, 1.807) is 25.7 Å². The number of benzene rings is 1. The first-order chi connectivity index (χ1) is 16.4. The molecule has 0 radical (unpaired) electrons. The van der Waals surface area contributed by atoms with Gasteiger partial charge in [-0.05, 0) is 58.9 Å². The van der Waals surface area contributed by atoms with E-state index in [1.807, 2.05) is 65.0 Å². The number of carbonyl (C=O) groups excluding carboxylic acids is 3. The Morgan fingerprint density at radius 2 is 1.54 bits per heavy atom. The lowest BCUT2D eigenvalue weighted by molar-refractivity contribution is -0.146. The monoisotopic (exact) mass is 489 g/mol. The summed E-state index contributed by atoms with van der Waals surface area (Å²) in [6.07, 6.45) is 2.49. The molecule has 7 nitrogen and oxygen atoms in total. The van der Waals surface area contributed by atoms with Gasteiger partial charge in [-0.3, -0.25) is 9.59 Å². The summed E-state index contributed by atoms with van der Waals surface area (Å²) in [5.74, 6) is -0.655. The topological polar surface area (TPSA) is 87.7 Å². The van der Waals surface area contributed by atoms with E-state index in [9.17, 15) is 14.4 Å². The van der Waals surface area contributed by atoms with Gasteiger partial charge in [-0.2, -0.15) is 0 Å². The fourth-order valence-corrected chi connectivity index (χ4v) is 3.97. The summed E-state index contributed by atoms with van der Waals surface area (Å²) < 4.78 is 5.45. The Labute approximate surface area is 212 Å². The van der Waals surface area contributed by atoms with Crippen molar-refractivity contribution in [3.05, 3.63) is 35.9 Å². The van der Waals surface area contributed by atoms with Gasteiger partial charge < -0.3 is 20.3 Å². The van der Waals surface area contributed by atoms with Crippen LogP contribution in [0, 0.1) is 5.92 Å². The summed E-state index contributed by atoms with van der Waals surface area (Å²) in [7, 11) is 0. The summed E-state index contributed by atoms with van der Waals surface area (Å²) in [5, 5.41) is 5.91. The number of ether oxygens (including phenoxy) is 1. The summed E-state index contributed by atoms with van der Waals surface area (Å²) in [6, 6.07) is 7.49. The van der Waals surface area contributed by atoms with Gasteiger partial charge in [0.2, 0.25) is 11.8 Å². The normalized spacial score (nSPS) is 15.8. The van der Waals surface area contributed by atoms with Crippen molar-refractivity contribution in [1.29, 1.82) is 0 Å². The Morgan fingerprint density at radius 3 is 2.03 bits per heavy atom. The summed E-state index contributed by atoms with van der Waals surface area (Å²) in [5.41, 5.74) is 0.0494. The van der Waals surface area contributed by atoms with Gasteiger partial charge in [-0.15, -0.1) is 0 Å². The van der Waals surface area contributed by atoms with Gasteiger partial charge in [0, 0.05) is 12.1 Å². The fraction of sp³-hybridized carbons (Fsp3) is 0.679. The Kier molecular flexibility index (Phi) is 12.3. The molecular weight excluding hydrogens is 442 g/mol. The van der Waals surface area contributed by atoms with Crippen LogP contribution in [0.2, 0.25) is 0 Å². The molecule has 0 aliphatic carbocycles. The van der Waals surface area contributed by atoms with Crippen LogP contribution in [0.15, 0.2) is 30.3 Å². The summed E-state index contributed by atoms with van der Waals surface area (Å²) >= 11 is 0. The predicted molar refractivity (Wildman–Crippen MR) is 141 cm³/mol. The SMILES string of the molecule is CCCC(C)NC(=O)C(c1ccccc1)N(C(=O)C(NC(=O)OC(C)(C)C)C(C)CC)C(C)CC. The van der Waals surface area contributed by atoms with Crippen LogP contribution in [0.5, 0.6) is 0 Å². The highest BCUT2D eigenvalue weighted by atomic mass is 16.6. The van der Waals surface area contributed by atoms with E-state index in [1.165, 1.54) is 0 Å². The largest absolute Gasteiger partial charge is 0.444 e. The van der Waals surface area contributed by atoms with Crippen LogP contribution in [0.25, 0.3) is 0 Å². The number of nitrogens with one attached hydrogen (secondary N) is 2. The van der Waals surface area contributed by atoms with Crippen molar-refractivity contribution in [3.63, 3.8) is 0 Å². The highest BCUT2D eigenvalue weighted by Gasteiger charge is 2.40. The van der Waals surface area contributed by atoms with Gasteiger partial charge in [0.15, 0.2) is 0 Å². The minimum Gasteiger partial charge on any atom is -0.444 e. The minimum absolute atomic E-state index is 0.0159. The fourth-order valence-electron chi connectivity index (χ4n) is 3.97. The Bertz CT molecular complexity index is 806. The molecule has 1 rings (SSSR count). The molecule has 7 heteroatoms. The maximum atomic E-state index is 14.2. The maximum Gasteiger partial charge on any atom is 0.408 e. The first-order valence-electron chi connectivity index (χ1n) is 13.0. The number of hydrogen-bond donors (Lipinski definition) is 2. The molecule has 2 N–H and O–H groups in total.